The van der Waals surface area contributed by atoms with Gasteiger partial charge in [-0.2, -0.15) is 0 Å². The van der Waals surface area contributed by atoms with E-state index in [0.717, 1.165) is 11.3 Å². The van der Waals surface area contributed by atoms with Crippen LogP contribution in [0, 0.1) is 0 Å². The van der Waals surface area contributed by atoms with Gasteiger partial charge in [0.15, 0.2) is 6.10 Å². The number of hydrogen-bond donors (Lipinski definition) is 1. The van der Waals surface area contributed by atoms with E-state index in [1.807, 2.05) is 48.5 Å². The molecule has 0 spiro atoms. The Kier molecular flexibility index (Phi) is 6.41. The molecular formula is C23H21NO4. The van der Waals surface area contributed by atoms with Crippen molar-refractivity contribution in [3.63, 3.8) is 0 Å². The van der Waals surface area contributed by atoms with Gasteiger partial charge >= 0.3 is 5.97 Å². The number of ether oxygens (including phenoxy) is 2. The number of carbonyl (C=O) groups is 2. The number of para-hydroxylation sites is 2. The molecule has 1 atom stereocenters. The monoisotopic (exact) mass is 375 g/mol. The SMILES string of the molecule is C[C@H](OC(=O)c1ccc(COc2ccccc2)cc1)C(=O)Nc1ccccc1. The van der Waals surface area contributed by atoms with Crippen molar-refractivity contribution in [2.45, 2.75) is 19.6 Å². The molecule has 0 saturated heterocycles. The maximum atomic E-state index is 12.3. The molecule has 142 valence electrons. The fourth-order valence-electron chi connectivity index (χ4n) is 2.47. The first-order valence-electron chi connectivity index (χ1n) is 8.95. The van der Waals surface area contributed by atoms with E-state index in [0.29, 0.717) is 17.9 Å². The van der Waals surface area contributed by atoms with E-state index in [-0.39, 0.29) is 5.91 Å². The normalized spacial score (nSPS) is 11.3. The van der Waals surface area contributed by atoms with E-state index < -0.39 is 12.1 Å². The average molecular weight is 375 g/mol. The molecule has 1 amide bonds. The number of hydrogen-bond acceptors (Lipinski definition) is 4. The van der Waals surface area contributed by atoms with Crippen LogP contribution in [-0.2, 0) is 16.1 Å². The van der Waals surface area contributed by atoms with Gasteiger partial charge in [-0.3, -0.25) is 4.79 Å². The Morgan fingerprint density at radius 2 is 1.46 bits per heavy atom. The smallest absolute Gasteiger partial charge is 0.338 e. The minimum absolute atomic E-state index is 0.378. The van der Waals surface area contributed by atoms with Crippen molar-refractivity contribution in [1.29, 1.82) is 0 Å². The molecule has 0 aliphatic heterocycles. The Morgan fingerprint density at radius 3 is 2.11 bits per heavy atom. The minimum atomic E-state index is -0.909. The Hall–Kier alpha value is -3.60. The average Bonchev–Trinajstić information content (AvgIpc) is 2.74. The molecule has 0 fully saturated rings. The summed E-state index contributed by atoms with van der Waals surface area (Å²) in [6, 6.07) is 25.4. The molecule has 0 aliphatic rings. The van der Waals surface area contributed by atoms with Crippen LogP contribution < -0.4 is 10.1 Å². The second kappa shape index (κ2) is 9.37. The summed E-state index contributed by atoms with van der Waals surface area (Å²) in [7, 11) is 0. The molecular weight excluding hydrogens is 354 g/mol. The second-order valence-corrected chi connectivity index (χ2v) is 6.20. The first-order valence-corrected chi connectivity index (χ1v) is 8.95. The van der Waals surface area contributed by atoms with Crippen LogP contribution in [0.5, 0.6) is 5.75 Å². The number of nitrogens with one attached hydrogen (secondary N) is 1. The number of amides is 1. The molecule has 0 heterocycles. The standard InChI is InChI=1S/C23H21NO4/c1-17(22(25)24-20-8-4-2-5-9-20)28-23(26)19-14-12-18(13-15-19)16-27-21-10-6-3-7-11-21/h2-15,17H,16H2,1H3,(H,24,25)/t17-/m0/s1. The highest BCUT2D eigenvalue weighted by atomic mass is 16.5. The lowest BCUT2D eigenvalue weighted by molar-refractivity contribution is -0.123. The third-order valence-corrected chi connectivity index (χ3v) is 4.03. The third-order valence-electron chi connectivity index (χ3n) is 4.03. The summed E-state index contributed by atoms with van der Waals surface area (Å²) in [5.74, 6) is -0.150. The van der Waals surface area contributed by atoms with Crippen molar-refractivity contribution in [3.05, 3.63) is 96.1 Å². The van der Waals surface area contributed by atoms with Gasteiger partial charge in [-0.1, -0.05) is 48.5 Å². The molecule has 0 saturated carbocycles. The van der Waals surface area contributed by atoms with Crippen LogP contribution in [0.3, 0.4) is 0 Å². The second-order valence-electron chi connectivity index (χ2n) is 6.20. The highest BCUT2D eigenvalue weighted by molar-refractivity contribution is 5.97. The first-order chi connectivity index (χ1) is 13.6. The molecule has 5 heteroatoms. The van der Waals surface area contributed by atoms with Crippen molar-refractivity contribution >= 4 is 17.6 Å². The van der Waals surface area contributed by atoms with Crippen LogP contribution >= 0.6 is 0 Å². The van der Waals surface area contributed by atoms with E-state index in [1.165, 1.54) is 6.92 Å². The highest BCUT2D eigenvalue weighted by Gasteiger charge is 2.19. The van der Waals surface area contributed by atoms with Gasteiger partial charge in [-0.05, 0) is 48.9 Å². The lowest BCUT2D eigenvalue weighted by atomic mass is 10.1. The lowest BCUT2D eigenvalue weighted by Crippen LogP contribution is -2.29. The summed E-state index contributed by atoms with van der Waals surface area (Å²) < 4.78 is 10.9. The molecule has 3 rings (SSSR count). The minimum Gasteiger partial charge on any atom is -0.489 e. The summed E-state index contributed by atoms with van der Waals surface area (Å²) in [5, 5.41) is 2.71. The van der Waals surface area contributed by atoms with Gasteiger partial charge in [0, 0.05) is 5.69 Å². The topological polar surface area (TPSA) is 64.6 Å². The molecule has 0 radical (unpaired) electrons. The Labute approximate surface area is 163 Å². The molecule has 0 unspecified atom stereocenters. The molecule has 3 aromatic rings. The van der Waals surface area contributed by atoms with E-state index in [2.05, 4.69) is 5.32 Å². The fraction of sp³-hybridized carbons (Fsp3) is 0.130. The zero-order valence-electron chi connectivity index (χ0n) is 15.5. The fourth-order valence-corrected chi connectivity index (χ4v) is 2.47. The lowest BCUT2D eigenvalue weighted by Gasteiger charge is -2.14. The first kappa shape index (κ1) is 19.2. The van der Waals surface area contributed by atoms with E-state index in [1.54, 1.807) is 36.4 Å². The predicted octanol–water partition coefficient (Wildman–Crippen LogP) is 4.45. The van der Waals surface area contributed by atoms with Crippen molar-refractivity contribution in [3.8, 4) is 5.75 Å². The van der Waals surface area contributed by atoms with Crippen molar-refractivity contribution in [2.75, 3.05) is 5.32 Å². The molecule has 5 nitrogen and oxygen atoms in total. The Bertz CT molecular complexity index is 908. The van der Waals surface area contributed by atoms with Crippen molar-refractivity contribution < 1.29 is 19.1 Å². The Morgan fingerprint density at radius 1 is 0.857 bits per heavy atom. The van der Waals surface area contributed by atoms with Crippen LogP contribution in [0.15, 0.2) is 84.9 Å². The highest BCUT2D eigenvalue weighted by Crippen LogP contribution is 2.13. The number of benzene rings is 3. The number of carbonyl (C=O) groups excluding carboxylic acids is 2. The van der Waals surface area contributed by atoms with Gasteiger partial charge in [0.1, 0.15) is 12.4 Å². The Balaban J connectivity index is 1.51. The summed E-state index contributed by atoms with van der Waals surface area (Å²) in [6.45, 7) is 1.94. The molecule has 3 aromatic carbocycles. The number of rotatable bonds is 7. The summed E-state index contributed by atoms with van der Waals surface area (Å²) in [6.07, 6.45) is -0.909. The molecule has 0 aromatic heterocycles. The van der Waals surface area contributed by atoms with Gasteiger partial charge in [0.25, 0.3) is 5.91 Å². The van der Waals surface area contributed by atoms with E-state index in [9.17, 15) is 9.59 Å². The largest absolute Gasteiger partial charge is 0.489 e. The molecule has 0 aliphatic carbocycles. The maximum absolute atomic E-state index is 12.3. The van der Waals surface area contributed by atoms with Crippen LogP contribution in [-0.4, -0.2) is 18.0 Å². The van der Waals surface area contributed by atoms with Gasteiger partial charge in [0.05, 0.1) is 5.56 Å². The molecule has 1 N–H and O–H groups in total. The van der Waals surface area contributed by atoms with Gasteiger partial charge < -0.3 is 14.8 Å². The molecule has 0 bridgehead atoms. The van der Waals surface area contributed by atoms with Crippen molar-refractivity contribution in [2.24, 2.45) is 0 Å². The summed E-state index contributed by atoms with van der Waals surface area (Å²) in [5.41, 5.74) is 1.95. The predicted molar refractivity (Wildman–Crippen MR) is 107 cm³/mol. The quantitative estimate of drug-likeness (QED) is 0.620. The van der Waals surface area contributed by atoms with E-state index in [4.69, 9.17) is 9.47 Å². The van der Waals surface area contributed by atoms with Crippen LogP contribution in [0.2, 0.25) is 0 Å². The molecule has 28 heavy (non-hydrogen) atoms. The third kappa shape index (κ3) is 5.45. The van der Waals surface area contributed by atoms with Crippen molar-refractivity contribution in [1.82, 2.24) is 0 Å². The van der Waals surface area contributed by atoms with E-state index >= 15 is 0 Å². The maximum Gasteiger partial charge on any atom is 0.338 e. The zero-order valence-corrected chi connectivity index (χ0v) is 15.5. The summed E-state index contributed by atoms with van der Waals surface area (Å²) in [4.78, 5) is 24.4. The van der Waals surface area contributed by atoms with Gasteiger partial charge in [-0.15, -0.1) is 0 Å². The number of anilines is 1. The van der Waals surface area contributed by atoms with Crippen LogP contribution in [0.1, 0.15) is 22.8 Å². The number of esters is 1. The van der Waals surface area contributed by atoms with Gasteiger partial charge in [-0.25, -0.2) is 4.79 Å². The zero-order chi connectivity index (χ0) is 19.8. The van der Waals surface area contributed by atoms with Crippen LogP contribution in [0.4, 0.5) is 5.69 Å². The van der Waals surface area contributed by atoms with Gasteiger partial charge in [0.2, 0.25) is 0 Å². The summed E-state index contributed by atoms with van der Waals surface area (Å²) >= 11 is 0. The van der Waals surface area contributed by atoms with Crippen LogP contribution in [0.25, 0.3) is 0 Å².